The third kappa shape index (κ3) is 4.78. The quantitative estimate of drug-likeness (QED) is 0.487. The standard InChI is InChI=1S/C23H20F2N4O3/c1-29-23(26-27-28-29)20(11-10-19-12-18(30)13-21(31)32-19)22(14-2-6-16(24)7-3-14)15-4-8-17(25)9-5-15/h2-11,18-19,30H,12-13H2,1H3/b11-10+/t18-,19-/m1/s1. The van der Waals surface area contributed by atoms with Gasteiger partial charge < -0.3 is 9.84 Å². The van der Waals surface area contributed by atoms with Gasteiger partial charge in [0.25, 0.3) is 0 Å². The largest absolute Gasteiger partial charge is 0.458 e. The molecule has 1 aliphatic rings. The number of halogens is 2. The molecule has 0 radical (unpaired) electrons. The molecule has 0 aliphatic carbocycles. The van der Waals surface area contributed by atoms with E-state index in [1.165, 1.54) is 28.9 Å². The van der Waals surface area contributed by atoms with E-state index in [0.29, 0.717) is 28.1 Å². The van der Waals surface area contributed by atoms with E-state index in [9.17, 15) is 18.7 Å². The Morgan fingerprint density at radius 2 is 1.69 bits per heavy atom. The molecule has 32 heavy (non-hydrogen) atoms. The van der Waals surface area contributed by atoms with Crippen molar-refractivity contribution >= 4 is 17.1 Å². The highest BCUT2D eigenvalue weighted by Gasteiger charge is 2.26. The zero-order valence-corrected chi connectivity index (χ0v) is 17.2. The van der Waals surface area contributed by atoms with Crippen LogP contribution in [0, 0.1) is 11.6 Å². The van der Waals surface area contributed by atoms with Crippen LogP contribution in [0.1, 0.15) is 29.8 Å². The molecule has 1 aromatic heterocycles. The Kier molecular flexibility index (Phi) is 6.18. The lowest BCUT2D eigenvalue weighted by Crippen LogP contribution is -2.31. The first-order valence-electron chi connectivity index (χ1n) is 9.95. The second-order valence-electron chi connectivity index (χ2n) is 7.41. The average molecular weight is 438 g/mol. The molecule has 4 rings (SSSR count). The highest BCUT2D eigenvalue weighted by molar-refractivity contribution is 6.00. The molecule has 3 aromatic rings. The van der Waals surface area contributed by atoms with Crippen LogP contribution in [0.2, 0.25) is 0 Å². The van der Waals surface area contributed by atoms with E-state index in [0.717, 1.165) is 0 Å². The Morgan fingerprint density at radius 3 is 2.19 bits per heavy atom. The predicted octanol–water partition coefficient (Wildman–Crippen LogP) is 3.07. The number of hydrogen-bond donors (Lipinski definition) is 1. The van der Waals surface area contributed by atoms with Gasteiger partial charge >= 0.3 is 5.97 Å². The molecule has 2 heterocycles. The number of esters is 1. The van der Waals surface area contributed by atoms with Gasteiger partial charge in [0.15, 0.2) is 5.82 Å². The van der Waals surface area contributed by atoms with Crippen LogP contribution in [0.4, 0.5) is 8.78 Å². The fourth-order valence-corrected chi connectivity index (χ4v) is 3.57. The summed E-state index contributed by atoms with van der Waals surface area (Å²) in [5.41, 5.74) is 2.48. The van der Waals surface area contributed by atoms with Gasteiger partial charge in [0.05, 0.1) is 12.5 Å². The van der Waals surface area contributed by atoms with Crippen LogP contribution in [0.5, 0.6) is 0 Å². The minimum Gasteiger partial charge on any atom is -0.458 e. The molecule has 164 valence electrons. The molecule has 1 aliphatic heterocycles. The normalized spacial score (nSPS) is 18.6. The summed E-state index contributed by atoms with van der Waals surface area (Å²) >= 11 is 0. The molecule has 1 saturated heterocycles. The second kappa shape index (κ2) is 9.19. The van der Waals surface area contributed by atoms with Crippen LogP contribution in [0.3, 0.4) is 0 Å². The highest BCUT2D eigenvalue weighted by Crippen LogP contribution is 2.33. The average Bonchev–Trinajstić information content (AvgIpc) is 3.18. The topological polar surface area (TPSA) is 90.1 Å². The molecule has 0 bridgehead atoms. The summed E-state index contributed by atoms with van der Waals surface area (Å²) in [4.78, 5) is 11.7. The lowest BCUT2D eigenvalue weighted by atomic mass is 9.91. The number of tetrazole rings is 1. The van der Waals surface area contributed by atoms with Crippen LogP contribution in [0.15, 0.2) is 60.7 Å². The lowest BCUT2D eigenvalue weighted by Gasteiger charge is -2.23. The number of carbonyl (C=O) groups is 1. The van der Waals surface area contributed by atoms with Crippen molar-refractivity contribution in [3.8, 4) is 0 Å². The molecule has 0 spiro atoms. The number of benzene rings is 2. The Morgan fingerprint density at radius 1 is 1.09 bits per heavy atom. The van der Waals surface area contributed by atoms with E-state index >= 15 is 0 Å². The molecule has 2 aromatic carbocycles. The number of aliphatic hydroxyl groups is 1. The molecule has 0 unspecified atom stereocenters. The van der Waals surface area contributed by atoms with Gasteiger partial charge in [-0.2, -0.15) is 0 Å². The van der Waals surface area contributed by atoms with Gasteiger partial charge in [0, 0.05) is 19.0 Å². The fraction of sp³-hybridized carbons (Fsp3) is 0.217. The van der Waals surface area contributed by atoms with Gasteiger partial charge in [-0.05, 0) is 57.5 Å². The van der Waals surface area contributed by atoms with E-state index in [-0.39, 0.29) is 12.8 Å². The van der Waals surface area contributed by atoms with E-state index in [1.807, 2.05) is 0 Å². The summed E-state index contributed by atoms with van der Waals surface area (Å²) in [5, 5.41) is 21.6. The Hall–Kier alpha value is -3.72. The van der Waals surface area contributed by atoms with E-state index in [2.05, 4.69) is 15.5 Å². The van der Waals surface area contributed by atoms with Crippen molar-refractivity contribution in [2.24, 2.45) is 7.05 Å². The molecular formula is C23H20F2N4O3. The lowest BCUT2D eigenvalue weighted by molar-refractivity contribution is -0.156. The van der Waals surface area contributed by atoms with Gasteiger partial charge in [0.2, 0.25) is 0 Å². The van der Waals surface area contributed by atoms with Gasteiger partial charge in [-0.25, -0.2) is 13.5 Å². The third-order valence-corrected chi connectivity index (χ3v) is 5.06. The molecule has 1 fully saturated rings. The van der Waals surface area contributed by atoms with Crippen molar-refractivity contribution in [2.75, 3.05) is 0 Å². The molecule has 0 saturated carbocycles. The van der Waals surface area contributed by atoms with Gasteiger partial charge in [-0.1, -0.05) is 30.3 Å². The number of hydrogen-bond acceptors (Lipinski definition) is 6. The first-order valence-corrected chi connectivity index (χ1v) is 9.95. The zero-order valence-electron chi connectivity index (χ0n) is 17.2. The minimum atomic E-state index is -0.788. The van der Waals surface area contributed by atoms with Crippen molar-refractivity contribution in [1.29, 1.82) is 0 Å². The summed E-state index contributed by atoms with van der Waals surface area (Å²) in [5.74, 6) is -0.880. The smallest absolute Gasteiger partial charge is 0.309 e. The number of allylic oxidation sites excluding steroid dienone is 2. The molecular weight excluding hydrogens is 418 g/mol. The van der Waals surface area contributed by atoms with E-state index in [4.69, 9.17) is 4.74 Å². The summed E-state index contributed by atoms with van der Waals surface area (Å²) in [6.07, 6.45) is 2.14. The van der Waals surface area contributed by atoms with Crippen molar-refractivity contribution in [1.82, 2.24) is 20.2 Å². The molecule has 2 atom stereocenters. The SMILES string of the molecule is Cn1nnnc1C(/C=C/[C@@H]1C[C@@H](O)CC(=O)O1)=C(c1ccc(F)cc1)c1ccc(F)cc1. The van der Waals surface area contributed by atoms with Gasteiger partial charge in [-0.3, -0.25) is 4.79 Å². The molecule has 7 nitrogen and oxygen atoms in total. The van der Waals surface area contributed by atoms with Crippen LogP contribution in [-0.4, -0.2) is 43.5 Å². The maximum Gasteiger partial charge on any atom is 0.309 e. The summed E-state index contributed by atoms with van der Waals surface area (Å²) in [7, 11) is 1.67. The zero-order chi connectivity index (χ0) is 22.7. The van der Waals surface area contributed by atoms with Crippen LogP contribution < -0.4 is 0 Å². The third-order valence-electron chi connectivity index (χ3n) is 5.06. The number of rotatable bonds is 5. The Bertz CT molecular complexity index is 1120. The molecule has 1 N–H and O–H groups in total. The number of cyclic esters (lactones) is 1. The van der Waals surface area contributed by atoms with Crippen LogP contribution in [-0.2, 0) is 16.6 Å². The van der Waals surface area contributed by atoms with Crippen molar-refractivity contribution in [2.45, 2.75) is 25.0 Å². The Labute approximate surface area is 182 Å². The van der Waals surface area contributed by atoms with Gasteiger partial charge in [0.1, 0.15) is 17.7 Å². The number of nitrogens with zero attached hydrogens (tertiary/aromatic N) is 4. The maximum atomic E-state index is 13.6. The van der Waals surface area contributed by atoms with E-state index < -0.39 is 29.8 Å². The highest BCUT2D eigenvalue weighted by atomic mass is 19.1. The summed E-state index contributed by atoms with van der Waals surface area (Å²) < 4.78 is 34.0. The first kappa shape index (κ1) is 21.5. The van der Waals surface area contributed by atoms with Crippen molar-refractivity contribution < 1.29 is 23.4 Å². The van der Waals surface area contributed by atoms with Crippen molar-refractivity contribution in [3.63, 3.8) is 0 Å². The predicted molar refractivity (Wildman–Crippen MR) is 112 cm³/mol. The second-order valence-corrected chi connectivity index (χ2v) is 7.41. The molecule has 0 amide bonds. The first-order chi connectivity index (χ1) is 15.4. The number of aliphatic hydroxyl groups excluding tert-OH is 1. The number of ether oxygens (including phenoxy) is 1. The number of carbonyl (C=O) groups excluding carboxylic acids is 1. The Balaban J connectivity index is 1.90. The number of aromatic nitrogens is 4. The van der Waals surface area contributed by atoms with E-state index in [1.54, 1.807) is 43.5 Å². The summed E-state index contributed by atoms with van der Waals surface area (Å²) in [6, 6.07) is 11.7. The van der Waals surface area contributed by atoms with Gasteiger partial charge in [-0.15, -0.1) is 5.10 Å². The molecule has 9 heteroatoms. The van der Waals surface area contributed by atoms with Crippen molar-refractivity contribution in [3.05, 3.63) is 89.3 Å². The monoisotopic (exact) mass is 438 g/mol. The maximum absolute atomic E-state index is 13.6. The summed E-state index contributed by atoms with van der Waals surface area (Å²) in [6.45, 7) is 0. The number of aryl methyl sites for hydroxylation is 1. The minimum absolute atomic E-state index is 0.0450. The fourth-order valence-electron chi connectivity index (χ4n) is 3.57. The van der Waals surface area contributed by atoms with Crippen LogP contribution >= 0.6 is 0 Å². The van der Waals surface area contributed by atoms with Crippen LogP contribution in [0.25, 0.3) is 11.1 Å².